The molecule has 0 spiro atoms. The molecule has 0 aliphatic carbocycles. The van der Waals surface area contributed by atoms with Gasteiger partial charge in [0.1, 0.15) is 5.82 Å². The Balaban J connectivity index is 3.00. The van der Waals surface area contributed by atoms with Crippen LogP contribution in [-0.4, -0.2) is 34.7 Å². The van der Waals surface area contributed by atoms with Crippen molar-refractivity contribution in [3.05, 3.63) is 39.7 Å². The van der Waals surface area contributed by atoms with Crippen LogP contribution in [0.3, 0.4) is 0 Å². The zero-order valence-corrected chi connectivity index (χ0v) is 10.6. The molecule has 1 rings (SSSR count). The van der Waals surface area contributed by atoms with Crippen molar-refractivity contribution in [2.24, 2.45) is 0 Å². The van der Waals surface area contributed by atoms with Crippen molar-refractivity contribution < 1.29 is 14.1 Å². The molecule has 0 aliphatic rings. The van der Waals surface area contributed by atoms with E-state index in [-0.39, 0.29) is 11.3 Å². The number of carbonyl (C=O) groups excluding carboxylic acids is 1. The maximum absolute atomic E-state index is 13.5. The zero-order chi connectivity index (χ0) is 13.0. The molecule has 1 aromatic carbocycles. The molecule has 0 radical (unpaired) electrons. The molecular weight excluding hydrogens is 295 g/mol. The van der Waals surface area contributed by atoms with Gasteiger partial charge in [0, 0.05) is 25.0 Å². The first-order valence-electron chi connectivity index (χ1n) is 4.72. The summed E-state index contributed by atoms with van der Waals surface area (Å²) in [4.78, 5) is 22.8. The summed E-state index contributed by atoms with van der Waals surface area (Å²) in [6, 6.07) is 2.98. The fourth-order valence-electron chi connectivity index (χ4n) is 1.22. The molecule has 1 aromatic rings. The second-order valence-corrected chi connectivity index (χ2v) is 4.13. The van der Waals surface area contributed by atoms with Gasteiger partial charge in [0.25, 0.3) is 11.6 Å². The molecule has 0 N–H and O–H groups in total. The van der Waals surface area contributed by atoms with E-state index in [4.69, 9.17) is 0 Å². The van der Waals surface area contributed by atoms with Gasteiger partial charge < -0.3 is 4.90 Å². The Morgan fingerprint density at radius 1 is 1.59 bits per heavy atom. The van der Waals surface area contributed by atoms with Gasteiger partial charge in [-0.2, -0.15) is 0 Å². The summed E-state index contributed by atoms with van der Waals surface area (Å²) in [6.07, 6.45) is 0. The largest absolute Gasteiger partial charge is 0.341 e. The van der Waals surface area contributed by atoms with E-state index in [1.165, 1.54) is 11.9 Å². The quantitative estimate of drug-likeness (QED) is 0.487. The minimum absolute atomic E-state index is 0.168. The number of amides is 1. The van der Waals surface area contributed by atoms with Crippen molar-refractivity contribution in [2.45, 2.75) is 0 Å². The van der Waals surface area contributed by atoms with Crippen molar-refractivity contribution in [1.29, 1.82) is 0 Å². The number of nitro groups is 1. The molecule has 0 saturated heterocycles. The summed E-state index contributed by atoms with van der Waals surface area (Å²) < 4.78 is 13.5. The number of nitrogens with zero attached hydrogens (tertiary/aromatic N) is 2. The first kappa shape index (κ1) is 13.6. The standard InChI is InChI=1S/C10H10BrFN2O3/c1-13(5-4-11)10(15)8-3-2-7(14(16)17)6-9(8)12/h2-3,6H,4-5H2,1H3. The van der Waals surface area contributed by atoms with Crippen LogP contribution in [0.4, 0.5) is 10.1 Å². The molecule has 17 heavy (non-hydrogen) atoms. The molecule has 0 atom stereocenters. The first-order chi connectivity index (χ1) is 7.97. The van der Waals surface area contributed by atoms with Crippen LogP contribution < -0.4 is 0 Å². The number of alkyl halides is 1. The van der Waals surface area contributed by atoms with Crippen LogP contribution in [0.5, 0.6) is 0 Å². The van der Waals surface area contributed by atoms with Crippen LogP contribution in [-0.2, 0) is 0 Å². The molecule has 0 unspecified atom stereocenters. The van der Waals surface area contributed by atoms with Gasteiger partial charge in [-0.3, -0.25) is 14.9 Å². The number of hydrogen-bond donors (Lipinski definition) is 0. The number of benzene rings is 1. The lowest BCUT2D eigenvalue weighted by Gasteiger charge is -2.15. The maximum atomic E-state index is 13.5. The molecule has 0 bridgehead atoms. The highest BCUT2D eigenvalue weighted by atomic mass is 79.9. The van der Waals surface area contributed by atoms with Crippen molar-refractivity contribution in [2.75, 3.05) is 18.9 Å². The molecule has 0 aromatic heterocycles. The van der Waals surface area contributed by atoms with E-state index in [1.807, 2.05) is 0 Å². The SMILES string of the molecule is CN(CCBr)C(=O)c1ccc([N+](=O)[O-])cc1F. The Labute approximate surface area is 105 Å². The predicted octanol–water partition coefficient (Wildman–Crippen LogP) is 2.20. The second kappa shape index (κ2) is 5.72. The predicted molar refractivity (Wildman–Crippen MR) is 63.8 cm³/mol. The third-order valence-corrected chi connectivity index (χ3v) is 2.52. The van der Waals surface area contributed by atoms with Gasteiger partial charge in [0.15, 0.2) is 0 Å². The van der Waals surface area contributed by atoms with E-state index in [0.717, 1.165) is 18.2 Å². The number of carbonyl (C=O) groups is 1. The minimum atomic E-state index is -0.884. The molecule has 5 nitrogen and oxygen atoms in total. The molecule has 0 fully saturated rings. The Morgan fingerprint density at radius 2 is 2.24 bits per heavy atom. The van der Waals surface area contributed by atoms with Crippen molar-refractivity contribution in [3.8, 4) is 0 Å². The van der Waals surface area contributed by atoms with Crippen LogP contribution in [0.15, 0.2) is 18.2 Å². The summed E-state index contributed by atoms with van der Waals surface area (Å²) in [6.45, 7) is 0.426. The Bertz CT molecular complexity index is 453. The van der Waals surface area contributed by atoms with Gasteiger partial charge >= 0.3 is 0 Å². The topological polar surface area (TPSA) is 63.5 Å². The van der Waals surface area contributed by atoms with E-state index in [2.05, 4.69) is 15.9 Å². The number of hydrogen-bond acceptors (Lipinski definition) is 3. The summed E-state index contributed by atoms with van der Waals surface area (Å²) in [5.74, 6) is -1.39. The average Bonchev–Trinajstić information content (AvgIpc) is 2.28. The fourth-order valence-corrected chi connectivity index (χ4v) is 1.76. The molecule has 0 saturated carbocycles. The van der Waals surface area contributed by atoms with Gasteiger partial charge in [-0.1, -0.05) is 15.9 Å². The summed E-state index contributed by atoms with van der Waals surface area (Å²) in [7, 11) is 1.53. The smallest absolute Gasteiger partial charge is 0.272 e. The number of halogens is 2. The first-order valence-corrected chi connectivity index (χ1v) is 5.85. The van der Waals surface area contributed by atoms with E-state index < -0.39 is 16.6 Å². The highest BCUT2D eigenvalue weighted by molar-refractivity contribution is 9.09. The second-order valence-electron chi connectivity index (χ2n) is 3.34. The monoisotopic (exact) mass is 304 g/mol. The molecule has 7 heteroatoms. The van der Waals surface area contributed by atoms with Gasteiger partial charge in [0.2, 0.25) is 0 Å². The Morgan fingerprint density at radius 3 is 2.71 bits per heavy atom. The van der Waals surface area contributed by atoms with Crippen LogP contribution >= 0.6 is 15.9 Å². The van der Waals surface area contributed by atoms with Gasteiger partial charge in [-0.15, -0.1) is 0 Å². The average molecular weight is 305 g/mol. The third kappa shape index (κ3) is 3.23. The van der Waals surface area contributed by atoms with Crippen molar-refractivity contribution >= 4 is 27.5 Å². The molecule has 92 valence electrons. The lowest BCUT2D eigenvalue weighted by Crippen LogP contribution is -2.29. The maximum Gasteiger partial charge on any atom is 0.272 e. The summed E-state index contributed by atoms with van der Waals surface area (Å²) in [5, 5.41) is 11.0. The van der Waals surface area contributed by atoms with Crippen molar-refractivity contribution in [1.82, 2.24) is 4.90 Å². The highest BCUT2D eigenvalue weighted by Gasteiger charge is 2.18. The van der Waals surface area contributed by atoms with Gasteiger partial charge in [-0.25, -0.2) is 4.39 Å². The fraction of sp³-hybridized carbons (Fsp3) is 0.300. The van der Waals surface area contributed by atoms with E-state index in [0.29, 0.717) is 11.9 Å². The molecule has 1 amide bonds. The van der Waals surface area contributed by atoms with Crippen LogP contribution in [0.1, 0.15) is 10.4 Å². The van der Waals surface area contributed by atoms with Crippen molar-refractivity contribution in [3.63, 3.8) is 0 Å². The van der Waals surface area contributed by atoms with Crippen LogP contribution in [0.2, 0.25) is 0 Å². The third-order valence-electron chi connectivity index (χ3n) is 2.16. The molecule has 0 heterocycles. The zero-order valence-electron chi connectivity index (χ0n) is 9.02. The lowest BCUT2D eigenvalue weighted by molar-refractivity contribution is -0.385. The van der Waals surface area contributed by atoms with Crippen LogP contribution in [0, 0.1) is 15.9 Å². The van der Waals surface area contributed by atoms with E-state index >= 15 is 0 Å². The van der Waals surface area contributed by atoms with E-state index in [1.54, 1.807) is 0 Å². The lowest BCUT2D eigenvalue weighted by atomic mass is 10.1. The molecular formula is C10H10BrFN2O3. The number of nitro benzene ring substituents is 1. The van der Waals surface area contributed by atoms with Gasteiger partial charge in [-0.05, 0) is 6.07 Å². The number of rotatable bonds is 4. The minimum Gasteiger partial charge on any atom is -0.341 e. The Hall–Kier alpha value is -1.50. The van der Waals surface area contributed by atoms with Crippen LogP contribution in [0.25, 0.3) is 0 Å². The normalized spacial score (nSPS) is 10.1. The summed E-state index contributed by atoms with van der Waals surface area (Å²) >= 11 is 3.16. The molecule has 0 aliphatic heterocycles. The highest BCUT2D eigenvalue weighted by Crippen LogP contribution is 2.17. The van der Waals surface area contributed by atoms with E-state index in [9.17, 15) is 19.3 Å². The Kier molecular flexibility index (Phi) is 4.56. The van der Waals surface area contributed by atoms with Gasteiger partial charge in [0.05, 0.1) is 16.6 Å². The summed E-state index contributed by atoms with van der Waals surface area (Å²) in [5.41, 5.74) is -0.541. The number of non-ortho nitro benzene ring substituents is 1.